The van der Waals surface area contributed by atoms with Gasteiger partial charge in [0.2, 0.25) is 5.91 Å². The Balaban J connectivity index is 1.83. The Morgan fingerprint density at radius 3 is 2.19 bits per heavy atom. The molecule has 1 fully saturated rings. The molecule has 1 saturated carbocycles. The van der Waals surface area contributed by atoms with E-state index < -0.39 is 0 Å². The Bertz CT molecular complexity index is 274. The normalized spacial score (nSPS) is 16.5. The number of nitrogens with two attached hydrogens (primary N) is 1. The van der Waals surface area contributed by atoms with Crippen molar-refractivity contribution in [2.75, 3.05) is 12.3 Å². The van der Waals surface area contributed by atoms with Gasteiger partial charge in [-0.05, 0) is 37.9 Å². The van der Waals surface area contributed by atoms with Crippen molar-refractivity contribution in [2.24, 2.45) is 5.73 Å². The summed E-state index contributed by atoms with van der Waals surface area (Å²) in [6, 6.07) is 0.758. The van der Waals surface area contributed by atoms with E-state index in [0.29, 0.717) is 13.0 Å². The number of thiol groups is 1. The van der Waals surface area contributed by atoms with Gasteiger partial charge in [0, 0.05) is 24.9 Å². The van der Waals surface area contributed by atoms with Gasteiger partial charge >= 0.3 is 0 Å². The van der Waals surface area contributed by atoms with Gasteiger partial charge in [0.1, 0.15) is 0 Å². The number of nitrogens with one attached hydrogen (secondary N) is 1. The molecule has 0 atom stereocenters. The second kappa shape index (κ2) is 12.3. The maximum atomic E-state index is 11.7. The third-order valence-corrected chi connectivity index (χ3v) is 3.96. The Kier molecular flexibility index (Phi) is 11.1. The number of carbonyl (C=O) groups excluding carboxylic acids is 1. The number of hydrogen-bond donors (Lipinski definition) is 3. The molecule has 3 N–H and O–H groups in total. The standard InChI is InChI=1S/C17H29N2OS/c18-16-11-10-15(13-16)14-19-17(20)9-7-5-3-1-2-4-6-8-12-21/h10-11,13,21H,1-9,12,14,18H2,(H,19,20). The molecule has 1 amide bonds. The number of carbonyl (C=O) groups is 1. The number of hydrogen-bond acceptors (Lipinski definition) is 3. The molecule has 21 heavy (non-hydrogen) atoms. The zero-order valence-corrected chi connectivity index (χ0v) is 13.8. The molecule has 0 aromatic heterocycles. The molecule has 1 aliphatic carbocycles. The first-order chi connectivity index (χ1) is 10.2. The largest absolute Gasteiger partial charge is 0.356 e. The van der Waals surface area contributed by atoms with Gasteiger partial charge in [-0.25, -0.2) is 0 Å². The molecular weight excluding hydrogens is 280 g/mol. The number of amides is 1. The van der Waals surface area contributed by atoms with Crippen LogP contribution < -0.4 is 11.1 Å². The SMILES string of the molecule is N[C]1[CH][CH][C](CNC(=O)CCCCCCCCCCS)[CH]1. The zero-order chi connectivity index (χ0) is 15.3. The van der Waals surface area contributed by atoms with Crippen LogP contribution in [0.4, 0.5) is 0 Å². The van der Waals surface area contributed by atoms with Crippen molar-refractivity contribution in [3.05, 3.63) is 31.2 Å². The van der Waals surface area contributed by atoms with E-state index in [0.717, 1.165) is 30.6 Å². The average molecular weight is 309 g/mol. The molecular formula is C17H29N2OS. The van der Waals surface area contributed by atoms with E-state index in [9.17, 15) is 4.79 Å². The summed E-state index contributed by atoms with van der Waals surface area (Å²) in [5.74, 6) is 2.22. The van der Waals surface area contributed by atoms with E-state index in [1.165, 1.54) is 38.5 Å². The van der Waals surface area contributed by atoms with Crippen LogP contribution in [0.1, 0.15) is 57.8 Å². The van der Waals surface area contributed by atoms with Crippen LogP contribution in [-0.4, -0.2) is 18.2 Å². The van der Waals surface area contributed by atoms with Gasteiger partial charge < -0.3 is 11.1 Å². The molecule has 4 heteroatoms. The van der Waals surface area contributed by atoms with Crippen LogP contribution in [0.25, 0.3) is 0 Å². The van der Waals surface area contributed by atoms with E-state index in [4.69, 9.17) is 5.73 Å². The third kappa shape index (κ3) is 10.2. The Morgan fingerprint density at radius 2 is 1.62 bits per heavy atom. The predicted molar refractivity (Wildman–Crippen MR) is 92.0 cm³/mol. The third-order valence-electron chi connectivity index (χ3n) is 3.64. The highest BCUT2D eigenvalue weighted by Gasteiger charge is 2.23. The first-order valence-corrected chi connectivity index (χ1v) is 8.74. The minimum absolute atomic E-state index is 0.142. The summed E-state index contributed by atoms with van der Waals surface area (Å²) in [4.78, 5) is 11.7. The lowest BCUT2D eigenvalue weighted by Crippen LogP contribution is -2.27. The van der Waals surface area contributed by atoms with Crippen LogP contribution in [0.2, 0.25) is 0 Å². The predicted octanol–water partition coefficient (Wildman–Crippen LogP) is 3.23. The van der Waals surface area contributed by atoms with E-state index in [1.807, 2.05) is 19.3 Å². The van der Waals surface area contributed by atoms with Crippen molar-refractivity contribution in [3.63, 3.8) is 0 Å². The topological polar surface area (TPSA) is 55.1 Å². The lowest BCUT2D eigenvalue weighted by atomic mass is 10.1. The molecule has 0 bridgehead atoms. The van der Waals surface area contributed by atoms with Crippen LogP contribution in [0, 0.1) is 31.2 Å². The Hall–Kier alpha value is -0.220. The molecule has 0 spiro atoms. The van der Waals surface area contributed by atoms with Gasteiger partial charge in [-0.3, -0.25) is 4.79 Å². The summed E-state index contributed by atoms with van der Waals surface area (Å²) in [5, 5.41) is 2.94. The van der Waals surface area contributed by atoms with E-state index >= 15 is 0 Å². The summed E-state index contributed by atoms with van der Waals surface area (Å²) in [6.45, 7) is 0.585. The minimum atomic E-state index is 0.142. The van der Waals surface area contributed by atoms with Gasteiger partial charge in [0.15, 0.2) is 0 Å². The monoisotopic (exact) mass is 309 g/mol. The molecule has 5 radical (unpaired) electrons. The van der Waals surface area contributed by atoms with Crippen molar-refractivity contribution in [3.8, 4) is 0 Å². The highest BCUT2D eigenvalue weighted by molar-refractivity contribution is 7.80. The second-order valence-corrected chi connectivity index (χ2v) is 6.08. The van der Waals surface area contributed by atoms with Gasteiger partial charge in [-0.1, -0.05) is 38.5 Å². The van der Waals surface area contributed by atoms with Crippen molar-refractivity contribution in [1.82, 2.24) is 5.32 Å². The van der Waals surface area contributed by atoms with Gasteiger partial charge in [0.05, 0.1) is 0 Å². The molecule has 0 saturated heterocycles. The zero-order valence-electron chi connectivity index (χ0n) is 12.9. The average Bonchev–Trinajstić information content (AvgIpc) is 2.89. The molecule has 1 rings (SSSR count). The first kappa shape index (κ1) is 18.8. The van der Waals surface area contributed by atoms with Crippen molar-refractivity contribution in [2.45, 2.75) is 57.8 Å². The minimum Gasteiger partial charge on any atom is -0.356 e. The summed E-state index contributed by atoms with van der Waals surface area (Å²) in [5.41, 5.74) is 5.63. The highest BCUT2D eigenvalue weighted by Crippen LogP contribution is 2.26. The maximum absolute atomic E-state index is 11.7. The Labute approximate surface area is 136 Å². The summed E-state index contributed by atoms with van der Waals surface area (Å²) in [6.07, 6.45) is 16.2. The van der Waals surface area contributed by atoms with Crippen molar-refractivity contribution >= 4 is 18.5 Å². The van der Waals surface area contributed by atoms with E-state index in [2.05, 4.69) is 17.9 Å². The fourth-order valence-corrected chi connectivity index (χ4v) is 2.59. The fourth-order valence-electron chi connectivity index (χ4n) is 2.37. The molecule has 1 aliphatic rings. The molecule has 3 nitrogen and oxygen atoms in total. The fraction of sp³-hybridized carbons (Fsp3) is 0.647. The summed E-state index contributed by atoms with van der Waals surface area (Å²) < 4.78 is 0. The molecule has 0 aromatic rings. The number of rotatable bonds is 12. The number of unbranched alkanes of at least 4 members (excludes halogenated alkanes) is 7. The van der Waals surface area contributed by atoms with Crippen molar-refractivity contribution < 1.29 is 4.79 Å². The van der Waals surface area contributed by atoms with Gasteiger partial charge in [-0.2, -0.15) is 12.6 Å². The van der Waals surface area contributed by atoms with Gasteiger partial charge in [-0.15, -0.1) is 0 Å². The quantitative estimate of drug-likeness (QED) is 0.383. The highest BCUT2D eigenvalue weighted by atomic mass is 32.1. The van der Waals surface area contributed by atoms with Crippen LogP contribution >= 0.6 is 12.6 Å². The lowest BCUT2D eigenvalue weighted by molar-refractivity contribution is -0.121. The molecule has 119 valence electrons. The second-order valence-electron chi connectivity index (χ2n) is 5.63. The van der Waals surface area contributed by atoms with Crippen LogP contribution in [0.15, 0.2) is 0 Å². The Morgan fingerprint density at radius 1 is 1.00 bits per heavy atom. The van der Waals surface area contributed by atoms with Crippen molar-refractivity contribution in [1.29, 1.82) is 0 Å². The van der Waals surface area contributed by atoms with Crippen LogP contribution in [-0.2, 0) is 4.79 Å². The molecule has 0 unspecified atom stereocenters. The summed E-state index contributed by atoms with van der Waals surface area (Å²) in [7, 11) is 0. The first-order valence-electron chi connectivity index (χ1n) is 8.11. The summed E-state index contributed by atoms with van der Waals surface area (Å²) >= 11 is 4.21. The van der Waals surface area contributed by atoms with Gasteiger partial charge in [0.25, 0.3) is 0 Å². The van der Waals surface area contributed by atoms with E-state index in [1.54, 1.807) is 0 Å². The van der Waals surface area contributed by atoms with Crippen LogP contribution in [0.3, 0.4) is 0 Å². The van der Waals surface area contributed by atoms with Crippen LogP contribution in [0.5, 0.6) is 0 Å². The molecule has 0 heterocycles. The molecule has 0 aliphatic heterocycles. The molecule has 0 aromatic carbocycles. The lowest BCUT2D eigenvalue weighted by Gasteiger charge is -2.09. The van der Waals surface area contributed by atoms with E-state index in [-0.39, 0.29) is 5.91 Å². The smallest absolute Gasteiger partial charge is 0.220 e. The maximum Gasteiger partial charge on any atom is 0.220 e.